The zero-order valence-electron chi connectivity index (χ0n) is 17.1. The van der Waals surface area contributed by atoms with Gasteiger partial charge in [-0.1, -0.05) is 30.3 Å². The van der Waals surface area contributed by atoms with Crippen LogP contribution in [0.25, 0.3) is 0 Å². The molecule has 0 amide bonds. The van der Waals surface area contributed by atoms with Crippen molar-refractivity contribution in [2.75, 3.05) is 13.2 Å². The molecule has 0 atom stereocenters. The van der Waals surface area contributed by atoms with Gasteiger partial charge in [-0.3, -0.25) is 10.1 Å². The smallest absolute Gasteiger partial charge is 0.343 e. The van der Waals surface area contributed by atoms with Crippen LogP contribution >= 0.6 is 0 Å². The van der Waals surface area contributed by atoms with Crippen molar-refractivity contribution in [3.05, 3.63) is 99.6 Å². The molecule has 0 aliphatic carbocycles. The molecule has 0 bridgehead atoms. The van der Waals surface area contributed by atoms with Crippen LogP contribution in [-0.2, 0) is 16.1 Å². The van der Waals surface area contributed by atoms with E-state index < -0.39 is 17.2 Å². The Morgan fingerprint density at radius 1 is 1.00 bits per heavy atom. The molecule has 8 heteroatoms. The molecule has 164 valence electrons. The third kappa shape index (κ3) is 5.29. The summed E-state index contributed by atoms with van der Waals surface area (Å²) in [6, 6.07) is 20.4. The number of rotatable bonds is 7. The molecular weight excluding hydrogens is 414 g/mol. The second-order valence-electron chi connectivity index (χ2n) is 7.10. The number of carbonyl (C=O) groups excluding carboxylic acids is 1. The van der Waals surface area contributed by atoms with Crippen molar-refractivity contribution >= 4 is 11.7 Å². The Kier molecular flexibility index (Phi) is 6.74. The second-order valence-corrected chi connectivity index (χ2v) is 7.10. The molecule has 0 spiro atoms. The molecule has 4 rings (SSSR count). The third-order valence-corrected chi connectivity index (χ3v) is 4.82. The summed E-state index contributed by atoms with van der Waals surface area (Å²) in [6.45, 7) is 1.43. The van der Waals surface area contributed by atoms with E-state index in [4.69, 9.17) is 18.9 Å². The van der Waals surface area contributed by atoms with Gasteiger partial charge >= 0.3 is 11.7 Å². The van der Waals surface area contributed by atoms with E-state index in [1.54, 1.807) is 30.3 Å². The summed E-state index contributed by atoms with van der Waals surface area (Å²) in [5.74, 6) is -0.266. The van der Waals surface area contributed by atoms with Crippen LogP contribution in [0.3, 0.4) is 0 Å². The Bertz CT molecular complexity index is 1080. The van der Waals surface area contributed by atoms with E-state index in [1.165, 1.54) is 12.1 Å². The molecule has 3 aromatic rings. The van der Waals surface area contributed by atoms with Gasteiger partial charge in [0.15, 0.2) is 6.29 Å². The number of hydrogen-bond acceptors (Lipinski definition) is 7. The molecular formula is C24H21NO7. The van der Waals surface area contributed by atoms with Gasteiger partial charge in [-0.15, -0.1) is 0 Å². The van der Waals surface area contributed by atoms with Crippen molar-refractivity contribution in [1.29, 1.82) is 0 Å². The second kappa shape index (κ2) is 10.0. The minimum atomic E-state index is -0.708. The van der Waals surface area contributed by atoms with Crippen LogP contribution in [0.1, 0.15) is 34.2 Å². The summed E-state index contributed by atoms with van der Waals surface area (Å²) in [5.41, 5.74) is 1.43. The molecule has 1 saturated heterocycles. The van der Waals surface area contributed by atoms with Crippen LogP contribution < -0.4 is 9.47 Å². The Morgan fingerprint density at radius 2 is 1.72 bits per heavy atom. The third-order valence-electron chi connectivity index (χ3n) is 4.82. The Labute approximate surface area is 184 Å². The molecule has 1 fully saturated rings. The molecule has 0 radical (unpaired) electrons. The SMILES string of the molecule is O=C(Oc1ccc(C2OCCCO2)cc1[N+](=O)[O-])c1ccc(OCc2ccccc2)cc1. The van der Waals surface area contributed by atoms with Gasteiger partial charge in [0.25, 0.3) is 0 Å². The van der Waals surface area contributed by atoms with Crippen molar-refractivity contribution in [2.24, 2.45) is 0 Å². The van der Waals surface area contributed by atoms with Crippen LogP contribution in [-0.4, -0.2) is 24.1 Å². The van der Waals surface area contributed by atoms with E-state index in [2.05, 4.69) is 0 Å². The lowest BCUT2D eigenvalue weighted by Gasteiger charge is -2.23. The number of carbonyl (C=O) groups is 1. The summed E-state index contributed by atoms with van der Waals surface area (Å²) in [4.78, 5) is 23.5. The Morgan fingerprint density at radius 3 is 2.41 bits per heavy atom. The largest absolute Gasteiger partial charge is 0.489 e. The van der Waals surface area contributed by atoms with E-state index in [1.807, 2.05) is 30.3 Å². The van der Waals surface area contributed by atoms with Crippen molar-refractivity contribution < 1.29 is 28.7 Å². The first-order valence-electron chi connectivity index (χ1n) is 10.1. The fourth-order valence-corrected chi connectivity index (χ4v) is 3.18. The van der Waals surface area contributed by atoms with Gasteiger partial charge in [0.05, 0.1) is 23.7 Å². The fraction of sp³-hybridized carbons (Fsp3) is 0.208. The van der Waals surface area contributed by atoms with Crippen LogP contribution in [0.15, 0.2) is 72.8 Å². The van der Waals surface area contributed by atoms with E-state index in [0.29, 0.717) is 31.1 Å². The highest BCUT2D eigenvalue weighted by Gasteiger charge is 2.24. The Hall–Kier alpha value is -3.75. The normalized spacial score (nSPS) is 14.0. The monoisotopic (exact) mass is 435 g/mol. The Balaban J connectivity index is 1.43. The average Bonchev–Trinajstić information content (AvgIpc) is 2.84. The average molecular weight is 435 g/mol. The van der Waals surface area contributed by atoms with Crippen LogP contribution in [0, 0.1) is 10.1 Å². The van der Waals surface area contributed by atoms with Crippen molar-refractivity contribution in [3.63, 3.8) is 0 Å². The van der Waals surface area contributed by atoms with Crippen molar-refractivity contribution in [2.45, 2.75) is 19.3 Å². The van der Waals surface area contributed by atoms with Gasteiger partial charge in [-0.05, 0) is 48.4 Å². The van der Waals surface area contributed by atoms with Crippen LogP contribution in [0.2, 0.25) is 0 Å². The van der Waals surface area contributed by atoms with E-state index in [0.717, 1.165) is 12.0 Å². The molecule has 1 heterocycles. The maximum absolute atomic E-state index is 12.5. The highest BCUT2D eigenvalue weighted by atomic mass is 16.7. The van der Waals surface area contributed by atoms with Gasteiger partial charge in [-0.2, -0.15) is 0 Å². The van der Waals surface area contributed by atoms with Gasteiger partial charge in [-0.25, -0.2) is 4.79 Å². The van der Waals surface area contributed by atoms with Gasteiger partial charge in [0.2, 0.25) is 5.75 Å². The number of esters is 1. The zero-order valence-corrected chi connectivity index (χ0v) is 17.1. The van der Waals surface area contributed by atoms with Crippen LogP contribution in [0.5, 0.6) is 11.5 Å². The minimum absolute atomic E-state index is 0.149. The number of nitro groups is 1. The predicted molar refractivity (Wildman–Crippen MR) is 115 cm³/mol. The highest BCUT2D eigenvalue weighted by molar-refractivity contribution is 5.91. The van der Waals surface area contributed by atoms with Gasteiger partial charge in [0, 0.05) is 11.6 Å². The lowest BCUT2D eigenvalue weighted by Crippen LogP contribution is -2.18. The summed E-state index contributed by atoms with van der Waals surface area (Å²) in [7, 11) is 0. The van der Waals surface area contributed by atoms with Gasteiger partial charge < -0.3 is 18.9 Å². The molecule has 1 aliphatic rings. The molecule has 3 aromatic carbocycles. The molecule has 0 unspecified atom stereocenters. The number of hydrogen-bond donors (Lipinski definition) is 0. The number of nitrogens with zero attached hydrogens (tertiary/aromatic N) is 1. The maximum atomic E-state index is 12.5. The van der Waals surface area contributed by atoms with E-state index in [9.17, 15) is 14.9 Å². The first-order valence-corrected chi connectivity index (χ1v) is 10.1. The zero-order chi connectivity index (χ0) is 22.3. The molecule has 8 nitrogen and oxygen atoms in total. The standard InChI is InChI=1S/C24H21NO7/c26-23(18-7-10-20(11-8-18)31-16-17-5-2-1-3-6-17)32-22-12-9-19(15-21(22)25(27)28)24-29-13-4-14-30-24/h1-3,5-12,15,24H,4,13-14,16H2. The topological polar surface area (TPSA) is 97.1 Å². The van der Waals surface area contributed by atoms with Gasteiger partial charge in [0.1, 0.15) is 12.4 Å². The maximum Gasteiger partial charge on any atom is 0.343 e. The first kappa shape index (κ1) is 21.5. The molecule has 0 saturated carbocycles. The number of nitro benzene ring substituents is 1. The highest BCUT2D eigenvalue weighted by Crippen LogP contribution is 2.33. The summed E-state index contributed by atoms with van der Waals surface area (Å²) in [6.07, 6.45) is 0.0975. The van der Waals surface area contributed by atoms with Crippen LogP contribution in [0.4, 0.5) is 5.69 Å². The summed E-state index contributed by atoms with van der Waals surface area (Å²) >= 11 is 0. The fourth-order valence-electron chi connectivity index (χ4n) is 3.18. The molecule has 32 heavy (non-hydrogen) atoms. The van der Waals surface area contributed by atoms with E-state index >= 15 is 0 Å². The quantitative estimate of drug-likeness (QED) is 0.227. The summed E-state index contributed by atoms with van der Waals surface area (Å²) in [5, 5.41) is 11.5. The molecule has 1 aliphatic heterocycles. The number of benzene rings is 3. The predicted octanol–water partition coefficient (Wildman–Crippen LogP) is 4.83. The number of ether oxygens (including phenoxy) is 4. The van der Waals surface area contributed by atoms with Crippen molar-refractivity contribution in [3.8, 4) is 11.5 Å². The first-order chi connectivity index (χ1) is 15.6. The lowest BCUT2D eigenvalue weighted by atomic mass is 10.1. The van der Waals surface area contributed by atoms with Crippen molar-refractivity contribution in [1.82, 2.24) is 0 Å². The molecule has 0 N–H and O–H groups in total. The summed E-state index contributed by atoms with van der Waals surface area (Å²) < 4.78 is 22.0. The van der Waals surface area contributed by atoms with E-state index in [-0.39, 0.29) is 17.0 Å². The minimum Gasteiger partial charge on any atom is -0.489 e. The molecule has 0 aromatic heterocycles. The lowest BCUT2D eigenvalue weighted by molar-refractivity contribution is -0.385.